The van der Waals surface area contributed by atoms with Gasteiger partial charge in [0, 0.05) is 0 Å². The summed E-state index contributed by atoms with van der Waals surface area (Å²) in [6.07, 6.45) is 5.56. The number of carbonyl (C=O) groups excluding carboxylic acids is 2. The number of hydrogen-bond acceptors (Lipinski definition) is 4. The van der Waals surface area contributed by atoms with E-state index in [1.807, 2.05) is 6.07 Å². The summed E-state index contributed by atoms with van der Waals surface area (Å²) < 4.78 is 9.58. The van der Waals surface area contributed by atoms with Crippen molar-refractivity contribution in [2.45, 2.75) is 51.4 Å². The molecule has 0 N–H and O–H groups in total. The Labute approximate surface area is 150 Å². The summed E-state index contributed by atoms with van der Waals surface area (Å²) >= 11 is 0. The van der Waals surface area contributed by atoms with Crippen LogP contribution in [0.5, 0.6) is 0 Å². The van der Waals surface area contributed by atoms with Gasteiger partial charge in [-0.3, -0.25) is 9.59 Å². The summed E-state index contributed by atoms with van der Waals surface area (Å²) in [7, 11) is 2.62. The average Bonchev–Trinajstić information content (AvgIpc) is 3.10. The Balaban J connectivity index is 2.17. The third-order valence-corrected chi connectivity index (χ3v) is 5.14. The quantitative estimate of drug-likeness (QED) is 0.398. The molecule has 1 aliphatic rings. The maximum absolute atomic E-state index is 12.0. The van der Waals surface area contributed by atoms with Crippen molar-refractivity contribution < 1.29 is 19.1 Å². The molecule has 136 valence electrons. The Bertz CT molecular complexity index is 602. The molecule has 1 aliphatic carbocycles. The maximum atomic E-state index is 12.0. The van der Waals surface area contributed by atoms with Gasteiger partial charge in [0.25, 0.3) is 0 Å². The molecule has 1 atom stereocenters. The smallest absolute Gasteiger partial charge is 0.320 e. The molecule has 1 unspecified atom stereocenters. The van der Waals surface area contributed by atoms with Crippen LogP contribution in [0.2, 0.25) is 0 Å². The molecule has 25 heavy (non-hydrogen) atoms. The lowest BCUT2D eigenvalue weighted by atomic mass is 9.87. The van der Waals surface area contributed by atoms with Gasteiger partial charge in [0.2, 0.25) is 0 Å². The summed E-state index contributed by atoms with van der Waals surface area (Å²) in [5, 5.41) is 0. The molecule has 4 nitrogen and oxygen atoms in total. The fraction of sp³-hybridized carbons (Fsp3) is 0.524. The first-order valence-electron chi connectivity index (χ1n) is 9.01. The van der Waals surface area contributed by atoms with Crippen molar-refractivity contribution >= 4 is 11.9 Å². The number of benzene rings is 1. The molecule has 0 radical (unpaired) electrons. The molecule has 0 fully saturated rings. The van der Waals surface area contributed by atoms with E-state index in [1.165, 1.54) is 30.9 Å². The third-order valence-electron chi connectivity index (χ3n) is 5.14. The predicted molar refractivity (Wildman–Crippen MR) is 97.1 cm³/mol. The first-order chi connectivity index (χ1) is 12.1. The van der Waals surface area contributed by atoms with Crippen LogP contribution < -0.4 is 0 Å². The van der Waals surface area contributed by atoms with Crippen LogP contribution in [0.3, 0.4) is 0 Å². The van der Waals surface area contributed by atoms with Crippen molar-refractivity contribution in [3.05, 3.63) is 47.0 Å². The zero-order valence-corrected chi connectivity index (χ0v) is 15.4. The van der Waals surface area contributed by atoms with E-state index in [9.17, 15) is 9.59 Å². The van der Waals surface area contributed by atoms with Crippen molar-refractivity contribution in [3.63, 3.8) is 0 Å². The summed E-state index contributed by atoms with van der Waals surface area (Å²) in [4.78, 5) is 23.9. The van der Waals surface area contributed by atoms with E-state index in [-0.39, 0.29) is 0 Å². The SMILES string of the molecule is CCC(CC1=C(CC(C(=O)OC)C(=O)OC)CCC1)c1ccccc1. The standard InChI is InChI=1S/C21H28O4/c1-4-15(16-9-6-5-7-10-16)13-17-11-8-12-18(17)14-19(20(22)24-2)21(23)25-3/h5-7,9-10,15,19H,4,8,11-14H2,1-3H3. The molecule has 0 saturated carbocycles. The monoisotopic (exact) mass is 344 g/mol. The van der Waals surface area contributed by atoms with E-state index in [0.29, 0.717) is 12.3 Å². The van der Waals surface area contributed by atoms with Gasteiger partial charge in [-0.15, -0.1) is 0 Å². The van der Waals surface area contributed by atoms with Crippen molar-refractivity contribution in [3.8, 4) is 0 Å². The average molecular weight is 344 g/mol. The minimum absolute atomic E-state index is 0.417. The molecule has 0 aromatic heterocycles. The van der Waals surface area contributed by atoms with Crippen LogP contribution in [-0.2, 0) is 19.1 Å². The minimum Gasteiger partial charge on any atom is -0.468 e. The predicted octanol–water partition coefficient (Wildman–Crippen LogP) is 4.40. The molecular weight excluding hydrogens is 316 g/mol. The molecule has 0 bridgehead atoms. The van der Waals surface area contributed by atoms with Gasteiger partial charge in [-0.25, -0.2) is 0 Å². The van der Waals surface area contributed by atoms with Gasteiger partial charge in [-0.05, 0) is 50.0 Å². The molecule has 0 heterocycles. The lowest BCUT2D eigenvalue weighted by Gasteiger charge is -2.19. The summed E-state index contributed by atoms with van der Waals surface area (Å²) in [5.74, 6) is -1.41. The molecule has 0 saturated heterocycles. The van der Waals surface area contributed by atoms with E-state index in [4.69, 9.17) is 9.47 Å². The number of rotatable bonds is 8. The second-order valence-corrected chi connectivity index (χ2v) is 6.58. The number of methoxy groups -OCH3 is 2. The van der Waals surface area contributed by atoms with E-state index in [2.05, 4.69) is 31.2 Å². The highest BCUT2D eigenvalue weighted by Gasteiger charge is 2.31. The Morgan fingerprint density at radius 1 is 0.960 bits per heavy atom. The van der Waals surface area contributed by atoms with Gasteiger partial charge in [0.1, 0.15) is 0 Å². The van der Waals surface area contributed by atoms with Gasteiger partial charge in [-0.1, -0.05) is 48.4 Å². The largest absolute Gasteiger partial charge is 0.468 e. The molecular formula is C21H28O4. The zero-order chi connectivity index (χ0) is 18.2. The maximum Gasteiger partial charge on any atom is 0.320 e. The van der Waals surface area contributed by atoms with Crippen LogP contribution in [0, 0.1) is 5.92 Å². The molecule has 2 rings (SSSR count). The lowest BCUT2D eigenvalue weighted by molar-refractivity contribution is -0.158. The van der Waals surface area contributed by atoms with Gasteiger partial charge in [-0.2, -0.15) is 0 Å². The Morgan fingerprint density at radius 3 is 2.04 bits per heavy atom. The summed E-state index contributed by atoms with van der Waals surface area (Å²) in [5.41, 5.74) is 3.98. The van der Waals surface area contributed by atoms with Crippen molar-refractivity contribution in [2.75, 3.05) is 14.2 Å². The number of esters is 2. The Morgan fingerprint density at radius 2 is 1.52 bits per heavy atom. The van der Waals surface area contributed by atoms with Crippen molar-refractivity contribution in [1.82, 2.24) is 0 Å². The van der Waals surface area contributed by atoms with Crippen LogP contribution in [0.4, 0.5) is 0 Å². The Kier molecular flexibility index (Phi) is 7.23. The van der Waals surface area contributed by atoms with E-state index >= 15 is 0 Å². The second kappa shape index (κ2) is 9.40. The van der Waals surface area contributed by atoms with E-state index in [1.54, 1.807) is 0 Å². The number of allylic oxidation sites excluding steroid dienone is 2. The topological polar surface area (TPSA) is 52.6 Å². The van der Waals surface area contributed by atoms with Crippen LogP contribution >= 0.6 is 0 Å². The molecule has 0 spiro atoms. The first-order valence-corrected chi connectivity index (χ1v) is 9.01. The highest BCUT2D eigenvalue weighted by atomic mass is 16.5. The fourth-order valence-corrected chi connectivity index (χ4v) is 3.68. The molecule has 0 amide bonds. The van der Waals surface area contributed by atoms with Gasteiger partial charge >= 0.3 is 11.9 Å². The minimum atomic E-state index is -0.852. The molecule has 1 aromatic rings. The molecule has 1 aromatic carbocycles. The van der Waals surface area contributed by atoms with Gasteiger partial charge in [0.05, 0.1) is 14.2 Å². The summed E-state index contributed by atoms with van der Waals surface area (Å²) in [6, 6.07) is 10.5. The number of carbonyl (C=O) groups is 2. The number of ether oxygens (including phenoxy) is 2. The summed E-state index contributed by atoms with van der Waals surface area (Å²) in [6.45, 7) is 2.21. The lowest BCUT2D eigenvalue weighted by Crippen LogP contribution is -2.27. The van der Waals surface area contributed by atoms with Crippen molar-refractivity contribution in [2.24, 2.45) is 5.92 Å². The van der Waals surface area contributed by atoms with Crippen LogP contribution in [-0.4, -0.2) is 26.2 Å². The first kappa shape index (κ1) is 19.2. The highest BCUT2D eigenvalue weighted by Crippen LogP contribution is 2.38. The highest BCUT2D eigenvalue weighted by molar-refractivity contribution is 5.95. The van der Waals surface area contributed by atoms with Crippen LogP contribution in [0.25, 0.3) is 0 Å². The number of hydrogen-bond donors (Lipinski definition) is 0. The van der Waals surface area contributed by atoms with E-state index in [0.717, 1.165) is 32.1 Å². The second-order valence-electron chi connectivity index (χ2n) is 6.58. The van der Waals surface area contributed by atoms with E-state index < -0.39 is 17.9 Å². The normalized spacial score (nSPS) is 15.4. The molecule has 0 aliphatic heterocycles. The van der Waals surface area contributed by atoms with Crippen LogP contribution in [0.15, 0.2) is 41.5 Å². The van der Waals surface area contributed by atoms with Crippen molar-refractivity contribution in [1.29, 1.82) is 0 Å². The third kappa shape index (κ3) is 4.94. The Hall–Kier alpha value is -2.10. The zero-order valence-electron chi connectivity index (χ0n) is 15.4. The van der Waals surface area contributed by atoms with Gasteiger partial charge < -0.3 is 9.47 Å². The fourth-order valence-electron chi connectivity index (χ4n) is 3.68. The van der Waals surface area contributed by atoms with Crippen LogP contribution in [0.1, 0.15) is 56.9 Å². The van der Waals surface area contributed by atoms with Gasteiger partial charge in [0.15, 0.2) is 5.92 Å². The molecule has 4 heteroatoms.